The summed E-state index contributed by atoms with van der Waals surface area (Å²) in [5.74, 6) is -1.65. The highest BCUT2D eigenvalue weighted by atomic mass is 16.5. The zero-order valence-corrected chi connectivity index (χ0v) is 11.7. The van der Waals surface area contributed by atoms with Gasteiger partial charge in [-0.1, -0.05) is 41.5 Å². The monoisotopic (exact) mass is 244 g/mol. The summed E-state index contributed by atoms with van der Waals surface area (Å²) in [4.78, 5) is 21.6. The van der Waals surface area contributed by atoms with Crippen LogP contribution in [0.25, 0.3) is 0 Å². The van der Waals surface area contributed by atoms with E-state index in [-0.39, 0.29) is 23.4 Å². The lowest BCUT2D eigenvalue weighted by molar-refractivity contribution is -0.154. The Morgan fingerprint density at radius 2 is 1.47 bits per heavy atom. The largest absolute Gasteiger partial charge is 0.481 e. The van der Waals surface area contributed by atoms with Gasteiger partial charge in [-0.25, -0.2) is 0 Å². The topological polar surface area (TPSA) is 63.6 Å². The van der Waals surface area contributed by atoms with E-state index in [2.05, 4.69) is 41.5 Å². The Labute approximate surface area is 103 Å². The summed E-state index contributed by atoms with van der Waals surface area (Å²) in [5.41, 5.74) is 0.00348. The number of carbonyl (C=O) groups is 2. The predicted octanol–water partition coefficient (Wildman–Crippen LogP) is 2.71. The molecule has 0 fully saturated rings. The van der Waals surface area contributed by atoms with Gasteiger partial charge in [0.05, 0.1) is 6.61 Å². The number of hydrogen-bond acceptors (Lipinski definition) is 3. The maximum atomic E-state index is 11.2. The number of aliphatic carboxylic acids is 1. The van der Waals surface area contributed by atoms with E-state index in [0.29, 0.717) is 0 Å². The normalized spacial score (nSPS) is 12.6. The highest BCUT2D eigenvalue weighted by Gasteiger charge is 2.35. The lowest BCUT2D eigenvalue weighted by Gasteiger charge is -2.40. The number of esters is 1. The summed E-state index contributed by atoms with van der Waals surface area (Å²) in [6, 6.07) is 0. The van der Waals surface area contributed by atoms with Crippen LogP contribution in [0.15, 0.2) is 0 Å². The molecule has 0 radical (unpaired) electrons. The second kappa shape index (κ2) is 5.52. The first kappa shape index (κ1) is 15.9. The molecule has 100 valence electrons. The van der Waals surface area contributed by atoms with Crippen LogP contribution in [0.1, 0.15) is 48.0 Å². The van der Waals surface area contributed by atoms with Crippen LogP contribution < -0.4 is 0 Å². The first-order chi connectivity index (χ1) is 7.44. The zero-order chi connectivity index (χ0) is 13.9. The van der Waals surface area contributed by atoms with Gasteiger partial charge < -0.3 is 9.84 Å². The van der Waals surface area contributed by atoms with Crippen molar-refractivity contribution >= 4 is 11.9 Å². The summed E-state index contributed by atoms with van der Waals surface area (Å²) in [7, 11) is 0. The summed E-state index contributed by atoms with van der Waals surface area (Å²) in [6.45, 7) is 12.8. The van der Waals surface area contributed by atoms with Gasteiger partial charge in [-0.15, -0.1) is 0 Å². The third-order valence-electron chi connectivity index (χ3n) is 2.80. The standard InChI is InChI=1S/C13H24O4/c1-12(2,3)9(13(4,5)6)8-17-11(16)7-10(14)15/h9H,7-8H2,1-6H3,(H,14,15). The van der Waals surface area contributed by atoms with Gasteiger partial charge in [0, 0.05) is 5.92 Å². The van der Waals surface area contributed by atoms with Gasteiger partial charge in [0.1, 0.15) is 6.42 Å². The molecule has 0 aliphatic heterocycles. The fraction of sp³-hybridized carbons (Fsp3) is 0.846. The van der Waals surface area contributed by atoms with Crippen molar-refractivity contribution in [1.82, 2.24) is 0 Å². The van der Waals surface area contributed by atoms with E-state index in [1.807, 2.05) is 0 Å². The molecule has 1 N–H and O–H groups in total. The number of carboxylic acids is 1. The van der Waals surface area contributed by atoms with Gasteiger partial charge in [-0.05, 0) is 10.8 Å². The smallest absolute Gasteiger partial charge is 0.317 e. The molecule has 0 amide bonds. The maximum Gasteiger partial charge on any atom is 0.317 e. The van der Waals surface area contributed by atoms with Crippen LogP contribution in [0.2, 0.25) is 0 Å². The SMILES string of the molecule is CC(C)(C)C(COC(=O)CC(=O)O)C(C)(C)C. The third kappa shape index (κ3) is 6.29. The molecular weight excluding hydrogens is 220 g/mol. The molecule has 0 heterocycles. The van der Waals surface area contributed by atoms with Crippen LogP contribution in [-0.4, -0.2) is 23.7 Å². The minimum Gasteiger partial charge on any atom is -0.481 e. The summed E-state index contributed by atoms with van der Waals surface area (Å²) >= 11 is 0. The number of carbonyl (C=O) groups excluding carboxylic acids is 1. The average Bonchev–Trinajstić information content (AvgIpc) is 1.96. The Kier molecular flexibility index (Phi) is 5.17. The molecule has 0 atom stereocenters. The minimum atomic E-state index is -1.15. The lowest BCUT2D eigenvalue weighted by Crippen LogP contribution is -2.37. The van der Waals surface area contributed by atoms with Crippen molar-refractivity contribution in [2.24, 2.45) is 16.7 Å². The van der Waals surface area contributed by atoms with Gasteiger partial charge in [-0.3, -0.25) is 9.59 Å². The highest BCUT2D eigenvalue weighted by molar-refractivity contribution is 5.90. The Bertz CT molecular complexity index is 267. The Morgan fingerprint density at radius 3 is 1.76 bits per heavy atom. The molecule has 0 aromatic heterocycles. The molecule has 0 aromatic rings. The minimum absolute atomic E-state index is 0.00174. The van der Waals surface area contributed by atoms with Crippen molar-refractivity contribution in [3.8, 4) is 0 Å². The zero-order valence-electron chi connectivity index (χ0n) is 11.7. The molecule has 0 bridgehead atoms. The van der Waals surface area contributed by atoms with Gasteiger partial charge in [0.15, 0.2) is 0 Å². The molecule has 0 unspecified atom stereocenters. The Hall–Kier alpha value is -1.06. The molecule has 0 saturated carbocycles. The van der Waals surface area contributed by atoms with Crippen molar-refractivity contribution in [3.63, 3.8) is 0 Å². The van der Waals surface area contributed by atoms with E-state index in [9.17, 15) is 9.59 Å². The number of hydrogen-bond donors (Lipinski definition) is 1. The summed E-state index contributed by atoms with van der Waals surface area (Å²) in [6.07, 6.45) is -0.568. The van der Waals surface area contributed by atoms with E-state index in [1.54, 1.807) is 0 Å². The van der Waals surface area contributed by atoms with Crippen LogP contribution >= 0.6 is 0 Å². The van der Waals surface area contributed by atoms with Crippen molar-refractivity contribution in [2.45, 2.75) is 48.0 Å². The van der Waals surface area contributed by atoms with E-state index in [1.165, 1.54) is 0 Å². The van der Waals surface area contributed by atoms with E-state index < -0.39 is 18.4 Å². The van der Waals surface area contributed by atoms with Crippen molar-refractivity contribution in [1.29, 1.82) is 0 Å². The van der Waals surface area contributed by atoms with Gasteiger partial charge in [-0.2, -0.15) is 0 Å². The molecule has 0 aromatic carbocycles. The molecule has 0 aliphatic rings. The van der Waals surface area contributed by atoms with Gasteiger partial charge in [0.25, 0.3) is 0 Å². The van der Waals surface area contributed by atoms with Crippen LogP contribution in [0, 0.1) is 16.7 Å². The second-order valence-corrected chi connectivity index (χ2v) is 6.54. The van der Waals surface area contributed by atoms with Crippen LogP contribution in [-0.2, 0) is 14.3 Å². The molecule has 0 rings (SSSR count). The third-order valence-corrected chi connectivity index (χ3v) is 2.80. The second-order valence-electron chi connectivity index (χ2n) is 6.54. The number of carboxylic acid groups (broad SMARTS) is 1. The molecule has 0 aliphatic carbocycles. The van der Waals surface area contributed by atoms with Crippen LogP contribution in [0.3, 0.4) is 0 Å². The van der Waals surface area contributed by atoms with Crippen LogP contribution in [0.4, 0.5) is 0 Å². The Morgan fingerprint density at radius 1 is 1.06 bits per heavy atom. The summed E-state index contributed by atoms with van der Waals surface area (Å²) < 4.78 is 5.05. The van der Waals surface area contributed by atoms with Crippen molar-refractivity contribution in [3.05, 3.63) is 0 Å². The van der Waals surface area contributed by atoms with Gasteiger partial charge >= 0.3 is 11.9 Å². The van der Waals surface area contributed by atoms with Crippen LogP contribution in [0.5, 0.6) is 0 Å². The van der Waals surface area contributed by atoms with E-state index in [4.69, 9.17) is 9.84 Å². The quantitative estimate of drug-likeness (QED) is 0.610. The number of rotatable bonds is 4. The fourth-order valence-corrected chi connectivity index (χ4v) is 2.15. The molecule has 0 spiro atoms. The van der Waals surface area contributed by atoms with Crippen molar-refractivity contribution in [2.75, 3.05) is 6.61 Å². The molecule has 17 heavy (non-hydrogen) atoms. The van der Waals surface area contributed by atoms with E-state index in [0.717, 1.165) is 0 Å². The molecule has 4 heteroatoms. The number of ether oxygens (including phenoxy) is 1. The first-order valence-corrected chi connectivity index (χ1v) is 5.82. The first-order valence-electron chi connectivity index (χ1n) is 5.82. The Balaban J connectivity index is 4.49. The van der Waals surface area contributed by atoms with E-state index >= 15 is 0 Å². The van der Waals surface area contributed by atoms with Crippen molar-refractivity contribution < 1.29 is 19.4 Å². The predicted molar refractivity (Wildman–Crippen MR) is 65.6 cm³/mol. The molecule has 0 saturated heterocycles. The van der Waals surface area contributed by atoms with Gasteiger partial charge in [0.2, 0.25) is 0 Å². The average molecular weight is 244 g/mol. The fourth-order valence-electron chi connectivity index (χ4n) is 2.15. The molecule has 4 nitrogen and oxygen atoms in total. The summed E-state index contributed by atoms with van der Waals surface area (Å²) in [5, 5.41) is 8.47. The lowest BCUT2D eigenvalue weighted by atomic mass is 9.67. The maximum absolute atomic E-state index is 11.2. The molecular formula is C13H24O4. The highest BCUT2D eigenvalue weighted by Crippen LogP contribution is 2.39.